The van der Waals surface area contributed by atoms with E-state index in [1.807, 2.05) is 6.92 Å². The van der Waals surface area contributed by atoms with Gasteiger partial charge in [-0.05, 0) is 13.8 Å². The second-order valence-electron chi connectivity index (χ2n) is 3.27. The molecule has 0 aliphatic carbocycles. The Morgan fingerprint density at radius 1 is 1.50 bits per heavy atom. The fourth-order valence-corrected chi connectivity index (χ4v) is 2.09. The van der Waals surface area contributed by atoms with Crippen LogP contribution >= 0.6 is 0 Å². The number of hydrogen-bond acceptors (Lipinski definition) is 4. The highest BCUT2D eigenvalue weighted by molar-refractivity contribution is 7.89. The highest BCUT2D eigenvalue weighted by Crippen LogP contribution is 1.98. The van der Waals surface area contributed by atoms with Gasteiger partial charge in [0, 0.05) is 26.2 Å². The lowest BCUT2D eigenvalue weighted by atomic mass is 10.4. The van der Waals surface area contributed by atoms with Crippen molar-refractivity contribution in [1.29, 1.82) is 0 Å². The largest absolute Gasteiger partial charge is 0.381 e. The van der Waals surface area contributed by atoms with Crippen LogP contribution in [-0.4, -0.2) is 51.3 Å². The van der Waals surface area contributed by atoms with Gasteiger partial charge in [0.15, 0.2) is 0 Å². The summed E-state index contributed by atoms with van der Waals surface area (Å²) in [5.74, 6) is 0.0179. The quantitative estimate of drug-likeness (QED) is 0.599. The van der Waals surface area contributed by atoms with Gasteiger partial charge in [0.25, 0.3) is 0 Å². The molecule has 0 saturated heterocycles. The molecule has 5 nitrogen and oxygen atoms in total. The molecule has 1 atom stereocenters. The lowest BCUT2D eigenvalue weighted by Crippen LogP contribution is -2.38. The molecule has 0 saturated carbocycles. The molecule has 0 bridgehead atoms. The summed E-state index contributed by atoms with van der Waals surface area (Å²) >= 11 is 0. The number of nitrogens with two attached hydrogens (primary N) is 1. The molecule has 0 aromatic carbocycles. The van der Waals surface area contributed by atoms with Crippen molar-refractivity contribution in [2.24, 2.45) is 5.73 Å². The van der Waals surface area contributed by atoms with Crippen molar-refractivity contribution < 1.29 is 13.2 Å². The minimum atomic E-state index is -3.20. The molecule has 0 rings (SSSR count). The van der Waals surface area contributed by atoms with Gasteiger partial charge in [0.2, 0.25) is 10.0 Å². The molecule has 0 fully saturated rings. The Labute approximate surface area is 86.3 Å². The van der Waals surface area contributed by atoms with Crippen LogP contribution in [0.4, 0.5) is 0 Å². The first-order chi connectivity index (χ1) is 6.40. The van der Waals surface area contributed by atoms with E-state index in [9.17, 15) is 8.42 Å². The Kier molecular flexibility index (Phi) is 6.26. The third-order valence-electron chi connectivity index (χ3n) is 1.71. The van der Waals surface area contributed by atoms with Crippen LogP contribution in [0, 0.1) is 0 Å². The monoisotopic (exact) mass is 224 g/mol. The molecule has 0 aromatic rings. The van der Waals surface area contributed by atoms with Crippen LogP contribution in [0.15, 0.2) is 0 Å². The van der Waals surface area contributed by atoms with Crippen molar-refractivity contribution in [2.45, 2.75) is 19.9 Å². The molecular formula is C8H20N2O3S. The average molecular weight is 224 g/mol. The molecule has 0 aliphatic heterocycles. The van der Waals surface area contributed by atoms with Gasteiger partial charge in [-0.15, -0.1) is 0 Å². The van der Waals surface area contributed by atoms with Gasteiger partial charge in [0.05, 0.1) is 12.4 Å². The number of nitrogens with zero attached hydrogens (tertiary/aromatic N) is 1. The van der Waals surface area contributed by atoms with Crippen LogP contribution < -0.4 is 5.73 Å². The second-order valence-corrected chi connectivity index (χ2v) is 5.47. The molecule has 0 aliphatic rings. The van der Waals surface area contributed by atoms with E-state index >= 15 is 0 Å². The van der Waals surface area contributed by atoms with Crippen molar-refractivity contribution in [3.8, 4) is 0 Å². The summed E-state index contributed by atoms with van der Waals surface area (Å²) in [6, 6.07) is -0.151. The standard InChI is InChI=1S/C8H20N2O3S/c1-4-13-5-6-14(11,12)10(3)7-8(2)9/h8H,4-7,9H2,1-3H3. The highest BCUT2D eigenvalue weighted by Gasteiger charge is 2.18. The van der Waals surface area contributed by atoms with Crippen molar-refractivity contribution in [3.63, 3.8) is 0 Å². The predicted octanol–water partition coefficient (Wildman–Crippen LogP) is -0.368. The van der Waals surface area contributed by atoms with Gasteiger partial charge in [0.1, 0.15) is 0 Å². The summed E-state index contributed by atoms with van der Waals surface area (Å²) in [4.78, 5) is 0. The maximum Gasteiger partial charge on any atom is 0.216 e. The molecule has 0 heterocycles. The molecule has 2 N–H and O–H groups in total. The topological polar surface area (TPSA) is 72.6 Å². The normalized spacial score (nSPS) is 14.6. The summed E-state index contributed by atoms with van der Waals surface area (Å²) in [6.45, 7) is 4.72. The molecule has 6 heteroatoms. The van der Waals surface area contributed by atoms with Gasteiger partial charge in [-0.25, -0.2) is 12.7 Å². The summed E-state index contributed by atoms with van der Waals surface area (Å²) in [6.07, 6.45) is 0. The van der Waals surface area contributed by atoms with Crippen molar-refractivity contribution in [3.05, 3.63) is 0 Å². The summed E-state index contributed by atoms with van der Waals surface area (Å²) in [5.41, 5.74) is 5.51. The molecular weight excluding hydrogens is 204 g/mol. The summed E-state index contributed by atoms with van der Waals surface area (Å²) in [7, 11) is -1.67. The van der Waals surface area contributed by atoms with Gasteiger partial charge in [-0.1, -0.05) is 0 Å². The Hall–Kier alpha value is -0.170. The molecule has 0 radical (unpaired) electrons. The van der Waals surface area contributed by atoms with Gasteiger partial charge in [-0.3, -0.25) is 0 Å². The zero-order chi connectivity index (χ0) is 11.2. The van der Waals surface area contributed by atoms with Gasteiger partial charge >= 0.3 is 0 Å². The maximum absolute atomic E-state index is 11.5. The van der Waals surface area contributed by atoms with E-state index in [-0.39, 0.29) is 18.4 Å². The Morgan fingerprint density at radius 3 is 2.50 bits per heavy atom. The number of hydrogen-bond donors (Lipinski definition) is 1. The second kappa shape index (κ2) is 6.34. The Bertz CT molecular complexity index is 239. The lowest BCUT2D eigenvalue weighted by Gasteiger charge is -2.18. The van der Waals surface area contributed by atoms with Crippen LogP contribution in [0.2, 0.25) is 0 Å². The SMILES string of the molecule is CCOCCS(=O)(=O)N(C)CC(C)N. The van der Waals surface area contributed by atoms with E-state index in [0.29, 0.717) is 13.2 Å². The first kappa shape index (κ1) is 13.8. The molecule has 86 valence electrons. The molecule has 1 unspecified atom stereocenters. The van der Waals surface area contributed by atoms with E-state index in [2.05, 4.69) is 0 Å². The number of rotatable bonds is 7. The molecule has 0 amide bonds. The molecule has 14 heavy (non-hydrogen) atoms. The zero-order valence-electron chi connectivity index (χ0n) is 9.06. The zero-order valence-corrected chi connectivity index (χ0v) is 9.88. The lowest BCUT2D eigenvalue weighted by molar-refractivity contribution is 0.162. The summed E-state index contributed by atoms with van der Waals surface area (Å²) < 4.78 is 29.3. The van der Waals surface area contributed by atoms with E-state index in [1.165, 1.54) is 11.4 Å². The van der Waals surface area contributed by atoms with E-state index < -0.39 is 10.0 Å². The number of sulfonamides is 1. The smallest absolute Gasteiger partial charge is 0.216 e. The number of ether oxygens (including phenoxy) is 1. The molecule has 0 aromatic heterocycles. The minimum Gasteiger partial charge on any atom is -0.381 e. The maximum atomic E-state index is 11.5. The molecule has 0 spiro atoms. The highest BCUT2D eigenvalue weighted by atomic mass is 32.2. The van der Waals surface area contributed by atoms with Crippen LogP contribution in [0.1, 0.15) is 13.8 Å². The van der Waals surface area contributed by atoms with Gasteiger partial charge in [-0.2, -0.15) is 0 Å². The van der Waals surface area contributed by atoms with Crippen molar-refractivity contribution >= 4 is 10.0 Å². The van der Waals surface area contributed by atoms with Gasteiger partial charge < -0.3 is 10.5 Å². The third-order valence-corrected chi connectivity index (χ3v) is 3.49. The van der Waals surface area contributed by atoms with E-state index in [0.717, 1.165) is 0 Å². The van der Waals surface area contributed by atoms with Crippen LogP contribution in [-0.2, 0) is 14.8 Å². The van der Waals surface area contributed by atoms with Crippen molar-refractivity contribution in [2.75, 3.05) is 32.6 Å². The Morgan fingerprint density at radius 2 is 2.07 bits per heavy atom. The fourth-order valence-electron chi connectivity index (χ4n) is 0.984. The first-order valence-electron chi connectivity index (χ1n) is 4.67. The Balaban J connectivity index is 4.04. The van der Waals surface area contributed by atoms with E-state index in [4.69, 9.17) is 10.5 Å². The average Bonchev–Trinajstić information content (AvgIpc) is 2.03. The van der Waals surface area contributed by atoms with Crippen LogP contribution in [0.5, 0.6) is 0 Å². The first-order valence-corrected chi connectivity index (χ1v) is 6.28. The summed E-state index contributed by atoms with van der Waals surface area (Å²) in [5, 5.41) is 0. The minimum absolute atomic E-state index is 0.0179. The van der Waals surface area contributed by atoms with Crippen LogP contribution in [0.3, 0.4) is 0 Å². The van der Waals surface area contributed by atoms with E-state index in [1.54, 1.807) is 6.92 Å². The third kappa shape index (κ3) is 5.54. The number of likely N-dealkylation sites (N-methyl/N-ethyl adjacent to an activating group) is 1. The predicted molar refractivity (Wildman–Crippen MR) is 56.6 cm³/mol. The fraction of sp³-hybridized carbons (Fsp3) is 1.00. The van der Waals surface area contributed by atoms with Crippen molar-refractivity contribution in [1.82, 2.24) is 4.31 Å². The van der Waals surface area contributed by atoms with Crippen LogP contribution in [0.25, 0.3) is 0 Å².